The van der Waals surface area contributed by atoms with Gasteiger partial charge in [-0.3, -0.25) is 0 Å². The first-order valence-corrected chi connectivity index (χ1v) is 6.85. The number of nitrogens with one attached hydrogen (secondary N) is 1. The predicted molar refractivity (Wildman–Crippen MR) is 74.5 cm³/mol. The van der Waals surface area contributed by atoms with E-state index in [-0.39, 0.29) is 0 Å². The Kier molecular flexibility index (Phi) is 6.44. The summed E-state index contributed by atoms with van der Waals surface area (Å²) in [5.41, 5.74) is 1.16. The molecule has 1 aromatic rings. The molecule has 3 heteroatoms. The van der Waals surface area contributed by atoms with Crippen LogP contribution in [0.5, 0.6) is 0 Å². The van der Waals surface area contributed by atoms with E-state index in [0.29, 0.717) is 18.4 Å². The molecule has 0 aliphatic rings. The Morgan fingerprint density at radius 3 is 2.56 bits per heavy atom. The Balaban J connectivity index is 2.38. The van der Waals surface area contributed by atoms with Crippen LogP contribution in [0.4, 0.5) is 0 Å². The second-order valence-corrected chi connectivity index (χ2v) is 5.73. The van der Waals surface area contributed by atoms with Crippen molar-refractivity contribution in [3.63, 3.8) is 0 Å². The number of hydrogen-bond acceptors (Lipinski definition) is 3. The summed E-state index contributed by atoms with van der Waals surface area (Å²) in [6, 6.07) is 2.10. The zero-order valence-corrected chi connectivity index (χ0v) is 12.4. The minimum absolute atomic E-state index is 0.574. The topological polar surface area (TPSA) is 34.4 Å². The van der Waals surface area contributed by atoms with Gasteiger partial charge in [-0.05, 0) is 31.4 Å². The van der Waals surface area contributed by atoms with Crippen LogP contribution in [0.2, 0.25) is 0 Å². The lowest BCUT2D eigenvalue weighted by Gasteiger charge is -2.05. The lowest BCUT2D eigenvalue weighted by molar-refractivity contribution is 0.0962. The van der Waals surface area contributed by atoms with Crippen molar-refractivity contribution in [2.45, 2.75) is 47.8 Å². The molecule has 1 rings (SSSR count). The molecule has 0 atom stereocenters. The van der Waals surface area contributed by atoms with Crippen LogP contribution in [0.3, 0.4) is 0 Å². The summed E-state index contributed by atoms with van der Waals surface area (Å²) < 4.78 is 11.3. The fourth-order valence-corrected chi connectivity index (χ4v) is 1.71. The molecule has 0 saturated carbocycles. The van der Waals surface area contributed by atoms with E-state index in [2.05, 4.69) is 39.1 Å². The maximum atomic E-state index is 5.71. The molecule has 1 heterocycles. The standard InChI is InChI=1S/C15H27NO2/c1-11(2)7-16-8-15-6-14(13(5)18-15)10-17-9-12(3)4/h6,11-12,16H,7-10H2,1-5H3. The summed E-state index contributed by atoms with van der Waals surface area (Å²) >= 11 is 0. The Morgan fingerprint density at radius 1 is 1.22 bits per heavy atom. The zero-order valence-electron chi connectivity index (χ0n) is 12.4. The van der Waals surface area contributed by atoms with Gasteiger partial charge >= 0.3 is 0 Å². The Bertz CT molecular complexity index is 342. The molecular formula is C15H27NO2. The van der Waals surface area contributed by atoms with E-state index in [1.54, 1.807) is 0 Å². The van der Waals surface area contributed by atoms with Gasteiger partial charge in [0.15, 0.2) is 0 Å². The molecule has 0 bridgehead atoms. The maximum Gasteiger partial charge on any atom is 0.118 e. The zero-order chi connectivity index (χ0) is 13.5. The predicted octanol–water partition coefficient (Wildman–Crippen LogP) is 3.51. The molecule has 0 fully saturated rings. The highest BCUT2D eigenvalue weighted by atomic mass is 16.5. The van der Waals surface area contributed by atoms with Crippen molar-refractivity contribution in [1.82, 2.24) is 5.32 Å². The first-order chi connectivity index (χ1) is 8.49. The molecule has 0 aliphatic heterocycles. The third-order valence-electron chi connectivity index (χ3n) is 2.63. The maximum absolute atomic E-state index is 5.71. The van der Waals surface area contributed by atoms with Gasteiger partial charge < -0.3 is 14.5 Å². The van der Waals surface area contributed by atoms with E-state index < -0.39 is 0 Å². The molecule has 0 unspecified atom stereocenters. The minimum atomic E-state index is 0.574. The Hall–Kier alpha value is -0.800. The Labute approximate surface area is 111 Å². The normalized spacial score (nSPS) is 11.7. The van der Waals surface area contributed by atoms with Crippen molar-refractivity contribution >= 4 is 0 Å². The molecule has 0 spiro atoms. The number of aryl methyl sites for hydroxylation is 1. The van der Waals surface area contributed by atoms with Crippen LogP contribution < -0.4 is 5.32 Å². The highest BCUT2D eigenvalue weighted by Gasteiger charge is 2.08. The van der Waals surface area contributed by atoms with Crippen molar-refractivity contribution in [3.8, 4) is 0 Å². The van der Waals surface area contributed by atoms with Gasteiger partial charge in [0.2, 0.25) is 0 Å². The second kappa shape index (κ2) is 7.59. The van der Waals surface area contributed by atoms with E-state index in [4.69, 9.17) is 9.15 Å². The smallest absolute Gasteiger partial charge is 0.118 e. The largest absolute Gasteiger partial charge is 0.465 e. The molecule has 104 valence electrons. The first-order valence-electron chi connectivity index (χ1n) is 6.85. The molecule has 1 N–H and O–H groups in total. The molecule has 18 heavy (non-hydrogen) atoms. The number of rotatable bonds is 8. The molecule has 0 saturated heterocycles. The fourth-order valence-electron chi connectivity index (χ4n) is 1.71. The highest BCUT2D eigenvalue weighted by Crippen LogP contribution is 2.16. The van der Waals surface area contributed by atoms with Crippen LogP contribution >= 0.6 is 0 Å². The third kappa shape index (κ3) is 5.69. The van der Waals surface area contributed by atoms with Crippen LogP contribution in [-0.2, 0) is 17.9 Å². The van der Waals surface area contributed by atoms with Crippen molar-refractivity contribution in [1.29, 1.82) is 0 Å². The van der Waals surface area contributed by atoms with E-state index in [0.717, 1.165) is 36.8 Å². The molecule has 3 nitrogen and oxygen atoms in total. The Morgan fingerprint density at radius 2 is 1.94 bits per heavy atom. The van der Waals surface area contributed by atoms with E-state index in [9.17, 15) is 0 Å². The number of ether oxygens (including phenoxy) is 1. The first kappa shape index (κ1) is 15.3. The van der Waals surface area contributed by atoms with Gasteiger partial charge in [0, 0.05) is 12.2 Å². The van der Waals surface area contributed by atoms with Crippen molar-refractivity contribution in [3.05, 3.63) is 23.2 Å². The molecule has 1 aromatic heterocycles. The third-order valence-corrected chi connectivity index (χ3v) is 2.63. The summed E-state index contributed by atoms with van der Waals surface area (Å²) in [4.78, 5) is 0. The molecular weight excluding hydrogens is 226 g/mol. The second-order valence-electron chi connectivity index (χ2n) is 5.73. The quantitative estimate of drug-likeness (QED) is 0.770. The van der Waals surface area contributed by atoms with Crippen molar-refractivity contribution in [2.24, 2.45) is 11.8 Å². The van der Waals surface area contributed by atoms with Crippen molar-refractivity contribution < 1.29 is 9.15 Å². The summed E-state index contributed by atoms with van der Waals surface area (Å²) in [7, 11) is 0. The van der Waals surface area contributed by atoms with Gasteiger partial charge in [-0.25, -0.2) is 0 Å². The highest BCUT2D eigenvalue weighted by molar-refractivity contribution is 5.19. The van der Waals surface area contributed by atoms with Crippen LogP contribution in [-0.4, -0.2) is 13.2 Å². The summed E-state index contributed by atoms with van der Waals surface area (Å²) in [5, 5.41) is 3.38. The van der Waals surface area contributed by atoms with Gasteiger partial charge in [0.05, 0.1) is 13.2 Å². The molecule has 0 radical (unpaired) electrons. The monoisotopic (exact) mass is 253 g/mol. The average Bonchev–Trinajstić information content (AvgIpc) is 2.58. The molecule has 0 aliphatic carbocycles. The summed E-state index contributed by atoms with van der Waals surface area (Å²) in [6.07, 6.45) is 0. The summed E-state index contributed by atoms with van der Waals surface area (Å²) in [5.74, 6) is 3.20. The van der Waals surface area contributed by atoms with Gasteiger partial charge in [0.25, 0.3) is 0 Å². The van der Waals surface area contributed by atoms with Crippen LogP contribution in [0.1, 0.15) is 44.8 Å². The average molecular weight is 253 g/mol. The van der Waals surface area contributed by atoms with Crippen molar-refractivity contribution in [2.75, 3.05) is 13.2 Å². The van der Waals surface area contributed by atoms with Crippen LogP contribution in [0.25, 0.3) is 0 Å². The van der Waals surface area contributed by atoms with Gasteiger partial charge in [-0.1, -0.05) is 27.7 Å². The van der Waals surface area contributed by atoms with E-state index in [1.165, 1.54) is 0 Å². The van der Waals surface area contributed by atoms with Crippen LogP contribution in [0.15, 0.2) is 10.5 Å². The van der Waals surface area contributed by atoms with Gasteiger partial charge in [-0.2, -0.15) is 0 Å². The van der Waals surface area contributed by atoms with E-state index >= 15 is 0 Å². The van der Waals surface area contributed by atoms with Crippen LogP contribution in [0, 0.1) is 18.8 Å². The summed E-state index contributed by atoms with van der Waals surface area (Å²) in [6.45, 7) is 14.0. The number of furan rings is 1. The SMILES string of the molecule is Cc1oc(CNCC(C)C)cc1COCC(C)C. The fraction of sp³-hybridized carbons (Fsp3) is 0.733. The van der Waals surface area contributed by atoms with Gasteiger partial charge in [-0.15, -0.1) is 0 Å². The minimum Gasteiger partial charge on any atom is -0.465 e. The lowest BCUT2D eigenvalue weighted by Crippen LogP contribution is -2.18. The molecule has 0 aromatic carbocycles. The van der Waals surface area contributed by atoms with Gasteiger partial charge in [0.1, 0.15) is 11.5 Å². The van der Waals surface area contributed by atoms with E-state index in [1.807, 2.05) is 6.92 Å². The lowest BCUT2D eigenvalue weighted by atomic mass is 10.2. The number of hydrogen-bond donors (Lipinski definition) is 1. The molecule has 0 amide bonds.